The number of rotatable bonds is 6. The molecule has 0 saturated carbocycles. The van der Waals surface area contributed by atoms with Crippen LogP contribution in [0.15, 0.2) is 59.5 Å². The van der Waals surface area contributed by atoms with Gasteiger partial charge in [0, 0.05) is 51.4 Å². The Morgan fingerprint density at radius 3 is 2.41 bits per heavy atom. The maximum atomic E-state index is 13.2. The first-order valence-electron chi connectivity index (χ1n) is 10.7. The SMILES string of the molecule is O=C(C1CCCN1S(=O)(=O)c1ccccc1)N1CCN(Cc2cccc([N+](=O)[O-])c2)CC1. The van der Waals surface area contributed by atoms with Crippen LogP contribution in [0.4, 0.5) is 5.69 Å². The fourth-order valence-electron chi connectivity index (χ4n) is 4.37. The minimum absolute atomic E-state index is 0.0669. The van der Waals surface area contributed by atoms with Crippen LogP contribution in [0.25, 0.3) is 0 Å². The Balaban J connectivity index is 1.38. The summed E-state index contributed by atoms with van der Waals surface area (Å²) < 4.78 is 27.5. The van der Waals surface area contributed by atoms with Crippen molar-refractivity contribution >= 4 is 21.6 Å². The first-order chi connectivity index (χ1) is 15.4. The van der Waals surface area contributed by atoms with E-state index in [2.05, 4.69) is 4.90 Å². The van der Waals surface area contributed by atoms with Crippen molar-refractivity contribution in [3.8, 4) is 0 Å². The van der Waals surface area contributed by atoms with Gasteiger partial charge in [-0.2, -0.15) is 4.31 Å². The average Bonchev–Trinajstić information content (AvgIpc) is 3.31. The molecule has 1 atom stereocenters. The van der Waals surface area contributed by atoms with Gasteiger partial charge in [0.15, 0.2) is 0 Å². The maximum Gasteiger partial charge on any atom is 0.269 e. The first kappa shape index (κ1) is 22.4. The van der Waals surface area contributed by atoms with E-state index in [4.69, 9.17) is 0 Å². The van der Waals surface area contributed by atoms with Gasteiger partial charge in [0.25, 0.3) is 5.69 Å². The summed E-state index contributed by atoms with van der Waals surface area (Å²) in [7, 11) is -3.71. The molecular formula is C22H26N4O5S. The van der Waals surface area contributed by atoms with Crippen LogP contribution in [0.5, 0.6) is 0 Å². The smallest absolute Gasteiger partial charge is 0.269 e. The zero-order valence-corrected chi connectivity index (χ0v) is 18.5. The first-order valence-corrected chi connectivity index (χ1v) is 12.1. The summed E-state index contributed by atoms with van der Waals surface area (Å²) in [6.07, 6.45) is 1.19. The molecule has 170 valence electrons. The highest BCUT2D eigenvalue weighted by atomic mass is 32.2. The highest BCUT2D eigenvalue weighted by molar-refractivity contribution is 7.89. The zero-order chi connectivity index (χ0) is 22.7. The second kappa shape index (κ2) is 9.35. The van der Waals surface area contributed by atoms with Crippen LogP contribution in [-0.4, -0.2) is 72.1 Å². The number of amides is 1. The van der Waals surface area contributed by atoms with E-state index in [0.717, 1.165) is 5.56 Å². The molecule has 9 nitrogen and oxygen atoms in total. The molecular weight excluding hydrogens is 432 g/mol. The van der Waals surface area contributed by atoms with Crippen LogP contribution in [0.2, 0.25) is 0 Å². The quantitative estimate of drug-likeness (QED) is 0.485. The van der Waals surface area contributed by atoms with Crippen molar-refractivity contribution in [2.75, 3.05) is 32.7 Å². The van der Waals surface area contributed by atoms with E-state index >= 15 is 0 Å². The molecule has 0 spiro atoms. The van der Waals surface area contributed by atoms with Crippen molar-refractivity contribution in [1.82, 2.24) is 14.1 Å². The lowest BCUT2D eigenvalue weighted by molar-refractivity contribution is -0.384. The molecule has 2 saturated heterocycles. The van der Waals surface area contributed by atoms with Gasteiger partial charge >= 0.3 is 0 Å². The Kier molecular flexibility index (Phi) is 6.54. The van der Waals surface area contributed by atoms with Crippen LogP contribution < -0.4 is 0 Å². The van der Waals surface area contributed by atoms with E-state index in [0.29, 0.717) is 52.1 Å². The number of nitro benzene ring substituents is 1. The Hall–Kier alpha value is -2.82. The molecule has 32 heavy (non-hydrogen) atoms. The van der Waals surface area contributed by atoms with Crippen molar-refractivity contribution in [3.63, 3.8) is 0 Å². The minimum Gasteiger partial charge on any atom is -0.339 e. The molecule has 2 fully saturated rings. The van der Waals surface area contributed by atoms with Crippen LogP contribution >= 0.6 is 0 Å². The van der Waals surface area contributed by atoms with Crippen LogP contribution in [0.3, 0.4) is 0 Å². The second-order valence-electron chi connectivity index (χ2n) is 8.12. The van der Waals surface area contributed by atoms with E-state index in [1.165, 1.54) is 10.4 Å². The third-order valence-corrected chi connectivity index (χ3v) is 7.97. The minimum atomic E-state index is -3.71. The van der Waals surface area contributed by atoms with Crippen LogP contribution in [0.1, 0.15) is 18.4 Å². The van der Waals surface area contributed by atoms with E-state index in [1.54, 1.807) is 47.4 Å². The summed E-state index contributed by atoms with van der Waals surface area (Å²) in [5, 5.41) is 11.0. The zero-order valence-electron chi connectivity index (χ0n) is 17.7. The second-order valence-corrected chi connectivity index (χ2v) is 10.0. The van der Waals surface area contributed by atoms with Crippen molar-refractivity contribution < 1.29 is 18.1 Å². The molecule has 0 N–H and O–H groups in total. The van der Waals surface area contributed by atoms with Gasteiger partial charge in [-0.25, -0.2) is 8.42 Å². The third-order valence-electron chi connectivity index (χ3n) is 6.05. The van der Waals surface area contributed by atoms with Gasteiger partial charge in [0.2, 0.25) is 15.9 Å². The van der Waals surface area contributed by atoms with E-state index in [-0.39, 0.29) is 16.5 Å². The van der Waals surface area contributed by atoms with Crippen LogP contribution in [0, 0.1) is 10.1 Å². The van der Waals surface area contributed by atoms with E-state index < -0.39 is 21.0 Å². The monoisotopic (exact) mass is 458 g/mol. The number of hydrogen-bond acceptors (Lipinski definition) is 6. The van der Waals surface area contributed by atoms with E-state index in [9.17, 15) is 23.3 Å². The molecule has 0 radical (unpaired) electrons. The number of carbonyl (C=O) groups excluding carboxylic acids is 1. The highest BCUT2D eigenvalue weighted by Gasteiger charge is 2.41. The standard InChI is InChI=1S/C22H26N4O5S/c27-22(21-10-5-11-25(21)32(30,31)20-8-2-1-3-9-20)24-14-12-23(13-15-24)17-18-6-4-7-19(16-18)26(28)29/h1-4,6-9,16,21H,5,10-15,17H2. The van der Waals surface area contributed by atoms with Gasteiger partial charge in [-0.05, 0) is 30.5 Å². The Bertz CT molecular complexity index is 1080. The number of nitro groups is 1. The normalized spacial score (nSPS) is 20.4. The Morgan fingerprint density at radius 1 is 1.00 bits per heavy atom. The third kappa shape index (κ3) is 4.67. The summed E-state index contributed by atoms with van der Waals surface area (Å²) >= 11 is 0. The number of non-ortho nitro benzene ring substituents is 1. The largest absolute Gasteiger partial charge is 0.339 e. The molecule has 0 aromatic heterocycles. The number of carbonyl (C=O) groups is 1. The lowest BCUT2D eigenvalue weighted by atomic mass is 10.1. The fourth-order valence-corrected chi connectivity index (χ4v) is 6.04. The van der Waals surface area contributed by atoms with E-state index in [1.807, 2.05) is 6.07 Å². The summed E-state index contributed by atoms with van der Waals surface area (Å²) in [5.41, 5.74) is 0.923. The van der Waals surface area contributed by atoms with Crippen molar-refractivity contribution in [2.45, 2.75) is 30.3 Å². The van der Waals surface area contributed by atoms with Gasteiger partial charge < -0.3 is 4.90 Å². The number of benzene rings is 2. The molecule has 2 aliphatic heterocycles. The predicted molar refractivity (Wildman–Crippen MR) is 118 cm³/mol. The van der Waals surface area contributed by atoms with Crippen molar-refractivity contribution in [1.29, 1.82) is 0 Å². The van der Waals surface area contributed by atoms with Crippen LogP contribution in [-0.2, 0) is 21.4 Å². The van der Waals surface area contributed by atoms with Crippen molar-refractivity contribution in [3.05, 3.63) is 70.3 Å². The lowest BCUT2D eigenvalue weighted by Gasteiger charge is -2.37. The molecule has 0 bridgehead atoms. The van der Waals surface area contributed by atoms with Crippen molar-refractivity contribution in [2.24, 2.45) is 0 Å². The highest BCUT2D eigenvalue weighted by Crippen LogP contribution is 2.27. The average molecular weight is 459 g/mol. The number of sulfonamides is 1. The summed E-state index contributed by atoms with van der Waals surface area (Å²) in [6, 6.07) is 14.1. The number of hydrogen-bond donors (Lipinski definition) is 0. The summed E-state index contributed by atoms with van der Waals surface area (Å²) in [6.45, 7) is 3.19. The molecule has 0 aliphatic carbocycles. The fraction of sp³-hybridized carbons (Fsp3) is 0.409. The summed E-state index contributed by atoms with van der Waals surface area (Å²) in [5.74, 6) is -0.142. The molecule has 1 unspecified atom stereocenters. The molecule has 2 aromatic carbocycles. The number of nitrogens with zero attached hydrogens (tertiary/aromatic N) is 4. The Morgan fingerprint density at radius 2 is 1.72 bits per heavy atom. The molecule has 2 heterocycles. The summed E-state index contributed by atoms with van der Waals surface area (Å²) in [4.78, 5) is 27.9. The Labute approximate surface area is 187 Å². The molecule has 10 heteroatoms. The predicted octanol–water partition coefficient (Wildman–Crippen LogP) is 2.09. The van der Waals surface area contributed by atoms with Gasteiger partial charge in [-0.15, -0.1) is 0 Å². The van der Waals surface area contributed by atoms with Gasteiger partial charge in [0.05, 0.1) is 9.82 Å². The molecule has 4 rings (SSSR count). The number of piperazine rings is 1. The van der Waals surface area contributed by atoms with Gasteiger partial charge in [-0.3, -0.25) is 19.8 Å². The van der Waals surface area contributed by atoms with Gasteiger partial charge in [-0.1, -0.05) is 30.3 Å². The van der Waals surface area contributed by atoms with Gasteiger partial charge in [0.1, 0.15) is 6.04 Å². The molecule has 1 amide bonds. The molecule has 2 aromatic rings. The maximum absolute atomic E-state index is 13.2. The molecule has 2 aliphatic rings. The lowest BCUT2D eigenvalue weighted by Crippen LogP contribution is -2.54. The topological polar surface area (TPSA) is 104 Å².